The quantitative estimate of drug-likeness (QED) is 0.270. The predicted octanol–water partition coefficient (Wildman–Crippen LogP) is 8.47. The lowest BCUT2D eigenvalue weighted by Gasteiger charge is -2.29. The highest BCUT2D eigenvalue weighted by atomic mass is 16.5. The van der Waals surface area contributed by atoms with Crippen molar-refractivity contribution in [3.05, 3.63) is 84.5 Å². The van der Waals surface area contributed by atoms with E-state index in [-0.39, 0.29) is 0 Å². The fraction of sp³-hybridized carbons (Fsp3) is 0.448. The van der Waals surface area contributed by atoms with Gasteiger partial charge in [0.15, 0.2) is 0 Å². The molecule has 1 fully saturated rings. The van der Waals surface area contributed by atoms with Crippen LogP contribution in [0.5, 0.6) is 0 Å². The van der Waals surface area contributed by atoms with Gasteiger partial charge in [-0.05, 0) is 79.0 Å². The molecule has 1 nitrogen and oxygen atoms in total. The normalized spacial score (nSPS) is 19.2. The highest BCUT2D eigenvalue weighted by molar-refractivity contribution is 5.64. The number of allylic oxidation sites excluding steroid dienone is 2. The van der Waals surface area contributed by atoms with Crippen LogP contribution >= 0.6 is 0 Å². The smallest absolute Gasteiger partial charge is 0.0721 e. The average Bonchev–Trinajstić information content (AvgIpc) is 2.80. The summed E-state index contributed by atoms with van der Waals surface area (Å²) in [6, 6.07) is 18.1. The van der Waals surface area contributed by atoms with Crippen molar-refractivity contribution in [3.63, 3.8) is 0 Å². The van der Waals surface area contributed by atoms with Crippen LogP contribution in [0.1, 0.15) is 75.3 Å². The zero-order valence-corrected chi connectivity index (χ0v) is 18.7. The third-order valence-corrected chi connectivity index (χ3v) is 6.42. The van der Waals surface area contributed by atoms with Crippen LogP contribution in [0.25, 0.3) is 11.1 Å². The molecule has 0 saturated heterocycles. The molecule has 30 heavy (non-hydrogen) atoms. The van der Waals surface area contributed by atoms with E-state index >= 15 is 0 Å². The number of ether oxygens (including phenoxy) is 1. The minimum atomic E-state index is 0.670. The van der Waals surface area contributed by atoms with Gasteiger partial charge in [0.2, 0.25) is 0 Å². The van der Waals surface area contributed by atoms with Crippen molar-refractivity contribution >= 4 is 0 Å². The Morgan fingerprint density at radius 2 is 1.57 bits per heavy atom. The molecular weight excluding hydrogens is 364 g/mol. The van der Waals surface area contributed by atoms with E-state index in [1.165, 1.54) is 67.2 Å². The van der Waals surface area contributed by atoms with E-state index in [1.807, 2.05) is 0 Å². The van der Waals surface area contributed by atoms with Gasteiger partial charge >= 0.3 is 0 Å². The molecule has 0 aromatic heterocycles. The Morgan fingerprint density at radius 3 is 2.20 bits per heavy atom. The molecule has 160 valence electrons. The summed E-state index contributed by atoms with van der Waals surface area (Å²) >= 11 is 0. The summed E-state index contributed by atoms with van der Waals surface area (Å²) in [5.74, 6) is 1.68. The number of hydrogen-bond donors (Lipinski definition) is 0. The Hall–Kier alpha value is -2.12. The summed E-state index contributed by atoms with van der Waals surface area (Å²) in [6.07, 6.45) is 16.7. The summed E-state index contributed by atoms with van der Waals surface area (Å²) in [5, 5.41) is 0. The van der Waals surface area contributed by atoms with Crippen LogP contribution in [0.3, 0.4) is 0 Å². The number of unbranched alkanes of at least 4 members (excludes halogenated alkanes) is 1. The van der Waals surface area contributed by atoms with Crippen molar-refractivity contribution in [3.8, 4) is 11.1 Å². The van der Waals surface area contributed by atoms with E-state index in [1.54, 1.807) is 0 Å². The number of hydrogen-bond acceptors (Lipinski definition) is 1. The minimum Gasteiger partial charge on any atom is -0.373 e. The summed E-state index contributed by atoms with van der Waals surface area (Å²) in [4.78, 5) is 0. The summed E-state index contributed by atoms with van der Waals surface area (Å²) in [6.45, 7) is 7.34. The second-order valence-corrected chi connectivity index (χ2v) is 8.65. The Labute approximate surface area is 183 Å². The summed E-state index contributed by atoms with van der Waals surface area (Å²) < 4.78 is 5.69. The molecule has 0 radical (unpaired) electrons. The van der Waals surface area contributed by atoms with E-state index in [4.69, 9.17) is 4.74 Å². The van der Waals surface area contributed by atoms with Crippen molar-refractivity contribution in [1.82, 2.24) is 0 Å². The Balaban J connectivity index is 1.48. The molecule has 2 aromatic rings. The largest absolute Gasteiger partial charge is 0.373 e. The second kappa shape index (κ2) is 12.5. The third-order valence-electron chi connectivity index (χ3n) is 6.42. The zero-order valence-electron chi connectivity index (χ0n) is 18.7. The molecule has 0 atom stereocenters. The lowest BCUT2D eigenvalue weighted by molar-refractivity contribution is 0.148. The van der Waals surface area contributed by atoms with Gasteiger partial charge in [-0.25, -0.2) is 0 Å². The molecule has 0 N–H and O–H groups in total. The van der Waals surface area contributed by atoms with E-state index in [0.717, 1.165) is 18.3 Å². The fourth-order valence-corrected chi connectivity index (χ4v) is 4.56. The Kier molecular flexibility index (Phi) is 9.44. The van der Waals surface area contributed by atoms with Crippen LogP contribution in [0.2, 0.25) is 0 Å². The van der Waals surface area contributed by atoms with E-state index in [9.17, 15) is 0 Å². The van der Waals surface area contributed by atoms with Crippen molar-refractivity contribution in [1.29, 1.82) is 0 Å². The van der Waals surface area contributed by atoms with Crippen molar-refractivity contribution in [2.24, 2.45) is 5.92 Å². The predicted molar refractivity (Wildman–Crippen MR) is 130 cm³/mol. The van der Waals surface area contributed by atoms with Crippen molar-refractivity contribution in [2.45, 2.75) is 70.8 Å². The molecule has 0 bridgehead atoms. The van der Waals surface area contributed by atoms with Crippen LogP contribution in [-0.4, -0.2) is 6.61 Å². The SMILES string of the molecule is C=CCCCC1CCC(c2ccc(-c3ccc(COC/C=C/CC)cc3)cc2)CC1. The molecule has 0 unspecified atom stereocenters. The summed E-state index contributed by atoms with van der Waals surface area (Å²) in [5.41, 5.74) is 5.33. The fourth-order valence-electron chi connectivity index (χ4n) is 4.56. The highest BCUT2D eigenvalue weighted by Gasteiger charge is 2.21. The summed E-state index contributed by atoms with van der Waals surface area (Å²) in [7, 11) is 0. The third kappa shape index (κ3) is 6.99. The number of benzene rings is 2. The minimum absolute atomic E-state index is 0.670. The standard InChI is InChI=1S/C29H38O/c1-3-5-7-9-24-10-14-26(15-11-24)28-18-20-29(21-19-28)27-16-12-25(13-17-27)23-30-22-8-6-4-2/h3,6,8,12-13,16-21,24,26H,1,4-5,7,9-11,14-15,22-23H2,2H3/b8-6+. The first-order valence-electron chi connectivity index (χ1n) is 11.8. The van der Waals surface area contributed by atoms with Crippen LogP contribution in [0.15, 0.2) is 73.3 Å². The van der Waals surface area contributed by atoms with Gasteiger partial charge < -0.3 is 4.74 Å². The first kappa shape index (κ1) is 22.6. The zero-order chi connectivity index (χ0) is 21.0. The molecule has 1 aliphatic carbocycles. The maximum absolute atomic E-state index is 5.69. The van der Waals surface area contributed by atoms with Gasteiger partial charge in [0.25, 0.3) is 0 Å². The first-order valence-corrected chi connectivity index (χ1v) is 11.8. The van der Waals surface area contributed by atoms with Gasteiger partial charge in [-0.15, -0.1) is 6.58 Å². The maximum Gasteiger partial charge on any atom is 0.0721 e. The lowest BCUT2D eigenvalue weighted by atomic mass is 9.77. The second-order valence-electron chi connectivity index (χ2n) is 8.65. The van der Waals surface area contributed by atoms with Gasteiger partial charge in [-0.3, -0.25) is 0 Å². The van der Waals surface area contributed by atoms with Gasteiger partial charge in [-0.2, -0.15) is 0 Å². The number of rotatable bonds is 11. The Morgan fingerprint density at radius 1 is 0.900 bits per heavy atom. The highest BCUT2D eigenvalue weighted by Crippen LogP contribution is 2.38. The molecule has 1 aliphatic rings. The molecule has 0 amide bonds. The molecule has 2 aromatic carbocycles. The topological polar surface area (TPSA) is 9.23 Å². The van der Waals surface area contributed by atoms with E-state index in [2.05, 4.69) is 80.3 Å². The molecule has 1 heteroatoms. The van der Waals surface area contributed by atoms with Crippen LogP contribution < -0.4 is 0 Å². The van der Waals surface area contributed by atoms with Crippen LogP contribution in [-0.2, 0) is 11.3 Å². The molecule has 1 saturated carbocycles. The van der Waals surface area contributed by atoms with Gasteiger partial charge in [0, 0.05) is 0 Å². The van der Waals surface area contributed by atoms with Crippen molar-refractivity contribution in [2.75, 3.05) is 6.61 Å². The molecule has 0 aliphatic heterocycles. The lowest BCUT2D eigenvalue weighted by Crippen LogP contribution is -2.13. The average molecular weight is 403 g/mol. The maximum atomic E-state index is 5.69. The van der Waals surface area contributed by atoms with Crippen LogP contribution in [0, 0.1) is 5.92 Å². The first-order chi connectivity index (χ1) is 14.8. The van der Waals surface area contributed by atoms with Gasteiger partial charge in [0.05, 0.1) is 13.2 Å². The molecule has 3 rings (SSSR count). The molecule has 0 spiro atoms. The monoisotopic (exact) mass is 402 g/mol. The molecule has 0 heterocycles. The van der Waals surface area contributed by atoms with E-state index < -0.39 is 0 Å². The van der Waals surface area contributed by atoms with Crippen LogP contribution in [0.4, 0.5) is 0 Å². The Bertz CT molecular complexity index is 761. The van der Waals surface area contributed by atoms with Gasteiger partial charge in [0.1, 0.15) is 0 Å². The van der Waals surface area contributed by atoms with E-state index in [0.29, 0.717) is 13.2 Å². The van der Waals surface area contributed by atoms with Gasteiger partial charge in [-0.1, -0.05) is 80.1 Å². The van der Waals surface area contributed by atoms with Crippen molar-refractivity contribution < 1.29 is 4.74 Å². The molecular formula is C29H38O.